The summed E-state index contributed by atoms with van der Waals surface area (Å²) in [5.41, 5.74) is 0. The van der Waals surface area contributed by atoms with E-state index in [1.165, 1.54) is 6.07 Å². The third-order valence-electron chi connectivity index (χ3n) is 4.11. The zero-order chi connectivity index (χ0) is 17.0. The average Bonchev–Trinajstić information content (AvgIpc) is 2.61. The van der Waals surface area contributed by atoms with Crippen molar-refractivity contribution in [1.82, 2.24) is 9.29 Å². The molecule has 0 bridgehead atoms. The number of halogens is 1. The Labute approximate surface area is 152 Å². The number of pyridine rings is 1. The lowest BCUT2D eigenvalue weighted by atomic mass is 10.0. The van der Waals surface area contributed by atoms with Gasteiger partial charge >= 0.3 is 0 Å². The SMILES string of the molecule is O=S(=O)(c1cccc(Cl)c1)N1CCC(CSc2ccccn2)CC1. The molecule has 0 amide bonds. The monoisotopic (exact) mass is 382 g/mol. The van der Waals surface area contributed by atoms with Gasteiger partial charge in [-0.3, -0.25) is 0 Å². The molecule has 0 radical (unpaired) electrons. The van der Waals surface area contributed by atoms with Crippen molar-refractivity contribution in [3.63, 3.8) is 0 Å². The highest BCUT2D eigenvalue weighted by Crippen LogP contribution is 2.28. The number of thioether (sulfide) groups is 1. The van der Waals surface area contributed by atoms with Crippen molar-refractivity contribution in [3.8, 4) is 0 Å². The Morgan fingerprint density at radius 3 is 2.62 bits per heavy atom. The molecule has 0 spiro atoms. The zero-order valence-electron chi connectivity index (χ0n) is 13.1. The lowest BCUT2D eigenvalue weighted by molar-refractivity contribution is 0.291. The van der Waals surface area contributed by atoms with E-state index in [2.05, 4.69) is 4.98 Å². The third kappa shape index (κ3) is 4.30. The lowest BCUT2D eigenvalue weighted by Crippen LogP contribution is -2.38. The number of sulfonamides is 1. The Morgan fingerprint density at radius 1 is 1.17 bits per heavy atom. The zero-order valence-corrected chi connectivity index (χ0v) is 15.5. The van der Waals surface area contributed by atoms with Gasteiger partial charge in [0.25, 0.3) is 0 Å². The Balaban J connectivity index is 1.56. The molecule has 1 saturated heterocycles. The number of hydrogen-bond acceptors (Lipinski definition) is 4. The number of rotatable bonds is 5. The van der Waals surface area contributed by atoms with Crippen molar-refractivity contribution in [1.29, 1.82) is 0 Å². The minimum absolute atomic E-state index is 0.274. The number of benzene rings is 1. The van der Waals surface area contributed by atoms with E-state index in [1.807, 2.05) is 18.2 Å². The first-order chi connectivity index (χ1) is 11.6. The molecule has 1 aromatic heterocycles. The van der Waals surface area contributed by atoms with Crippen LogP contribution in [0.25, 0.3) is 0 Å². The van der Waals surface area contributed by atoms with Gasteiger partial charge in [0.1, 0.15) is 0 Å². The maximum absolute atomic E-state index is 12.7. The highest BCUT2D eigenvalue weighted by atomic mass is 35.5. The fourth-order valence-corrected chi connectivity index (χ4v) is 5.55. The molecule has 0 aliphatic carbocycles. The van der Waals surface area contributed by atoms with Gasteiger partial charge in [0, 0.05) is 30.1 Å². The summed E-state index contributed by atoms with van der Waals surface area (Å²) >= 11 is 7.66. The Morgan fingerprint density at radius 2 is 1.96 bits per heavy atom. The lowest BCUT2D eigenvalue weighted by Gasteiger charge is -2.31. The topological polar surface area (TPSA) is 50.3 Å². The third-order valence-corrected chi connectivity index (χ3v) is 7.42. The second-order valence-electron chi connectivity index (χ2n) is 5.78. The molecule has 1 fully saturated rings. The number of aromatic nitrogens is 1. The molecule has 128 valence electrons. The molecule has 0 saturated carbocycles. The van der Waals surface area contributed by atoms with E-state index in [9.17, 15) is 8.42 Å². The number of hydrogen-bond donors (Lipinski definition) is 0. The van der Waals surface area contributed by atoms with Crippen LogP contribution in [-0.2, 0) is 10.0 Å². The van der Waals surface area contributed by atoms with E-state index in [1.54, 1.807) is 40.5 Å². The van der Waals surface area contributed by atoms with E-state index < -0.39 is 10.0 Å². The van der Waals surface area contributed by atoms with Gasteiger partial charge in [0.15, 0.2) is 0 Å². The molecule has 24 heavy (non-hydrogen) atoms. The fraction of sp³-hybridized carbons (Fsp3) is 0.353. The van der Waals surface area contributed by atoms with Crippen LogP contribution in [0, 0.1) is 5.92 Å². The summed E-state index contributed by atoms with van der Waals surface area (Å²) in [6, 6.07) is 12.4. The molecule has 4 nitrogen and oxygen atoms in total. The molecular weight excluding hydrogens is 364 g/mol. The van der Waals surface area contributed by atoms with Crippen molar-refractivity contribution in [2.24, 2.45) is 5.92 Å². The second kappa shape index (κ2) is 7.87. The molecule has 0 N–H and O–H groups in total. The summed E-state index contributed by atoms with van der Waals surface area (Å²) in [4.78, 5) is 4.58. The first kappa shape index (κ1) is 17.7. The molecule has 1 aromatic carbocycles. The number of piperidine rings is 1. The Bertz CT molecular complexity index is 776. The van der Waals surface area contributed by atoms with Gasteiger partial charge in [-0.25, -0.2) is 13.4 Å². The molecule has 7 heteroatoms. The molecule has 1 aliphatic heterocycles. The predicted molar refractivity (Wildman–Crippen MR) is 97.9 cm³/mol. The van der Waals surface area contributed by atoms with Gasteiger partial charge in [-0.15, -0.1) is 11.8 Å². The smallest absolute Gasteiger partial charge is 0.243 e. The Kier molecular flexibility index (Phi) is 5.81. The quantitative estimate of drug-likeness (QED) is 0.735. The second-order valence-corrected chi connectivity index (χ2v) is 9.20. The maximum atomic E-state index is 12.7. The van der Waals surface area contributed by atoms with Gasteiger partial charge in [-0.1, -0.05) is 23.7 Å². The van der Waals surface area contributed by atoms with E-state index in [-0.39, 0.29) is 4.90 Å². The molecule has 0 unspecified atom stereocenters. The van der Waals surface area contributed by atoms with Gasteiger partial charge in [0.2, 0.25) is 10.0 Å². The summed E-state index contributed by atoms with van der Waals surface area (Å²) in [7, 11) is -3.45. The highest BCUT2D eigenvalue weighted by Gasteiger charge is 2.29. The molecule has 2 aromatic rings. The van der Waals surface area contributed by atoms with Crippen LogP contribution in [-0.4, -0.2) is 36.5 Å². The van der Waals surface area contributed by atoms with E-state index in [0.717, 1.165) is 23.6 Å². The molecule has 1 aliphatic rings. The van der Waals surface area contributed by atoms with Crippen LogP contribution in [0.5, 0.6) is 0 Å². The van der Waals surface area contributed by atoms with E-state index in [4.69, 9.17) is 11.6 Å². The van der Waals surface area contributed by atoms with Crippen LogP contribution in [0.15, 0.2) is 58.6 Å². The van der Waals surface area contributed by atoms with Crippen molar-refractivity contribution in [3.05, 3.63) is 53.7 Å². The van der Waals surface area contributed by atoms with Gasteiger partial charge in [0.05, 0.1) is 9.92 Å². The average molecular weight is 383 g/mol. The van der Waals surface area contributed by atoms with Crippen molar-refractivity contribution < 1.29 is 8.42 Å². The van der Waals surface area contributed by atoms with Crippen LogP contribution < -0.4 is 0 Å². The van der Waals surface area contributed by atoms with Crippen LogP contribution >= 0.6 is 23.4 Å². The normalized spacial score (nSPS) is 17.0. The molecule has 2 heterocycles. The first-order valence-corrected chi connectivity index (χ1v) is 10.7. The van der Waals surface area contributed by atoms with Crippen LogP contribution in [0.2, 0.25) is 5.02 Å². The van der Waals surface area contributed by atoms with Gasteiger partial charge < -0.3 is 0 Å². The minimum atomic E-state index is -3.45. The summed E-state index contributed by atoms with van der Waals surface area (Å²) in [6.45, 7) is 1.12. The minimum Gasteiger partial charge on any atom is -0.250 e. The standard InChI is InChI=1S/C17H19ClN2O2S2/c18-15-4-3-5-16(12-15)24(21,22)20-10-7-14(8-11-20)13-23-17-6-1-2-9-19-17/h1-6,9,12,14H,7-8,10-11,13H2. The largest absolute Gasteiger partial charge is 0.250 e. The predicted octanol–water partition coefficient (Wildman–Crippen LogP) is 3.93. The highest BCUT2D eigenvalue weighted by molar-refractivity contribution is 7.99. The summed E-state index contributed by atoms with van der Waals surface area (Å²) in [5.74, 6) is 1.49. The number of nitrogens with zero attached hydrogens (tertiary/aromatic N) is 2. The van der Waals surface area contributed by atoms with Crippen LogP contribution in [0.3, 0.4) is 0 Å². The molecule has 0 atom stereocenters. The van der Waals surface area contributed by atoms with Crippen LogP contribution in [0.1, 0.15) is 12.8 Å². The first-order valence-electron chi connectivity index (χ1n) is 7.85. The van der Waals surface area contributed by atoms with E-state index in [0.29, 0.717) is 24.0 Å². The molecule has 3 rings (SSSR count). The maximum Gasteiger partial charge on any atom is 0.243 e. The Hall–Kier alpha value is -1.08. The van der Waals surface area contributed by atoms with Crippen molar-refractivity contribution in [2.45, 2.75) is 22.8 Å². The van der Waals surface area contributed by atoms with Gasteiger partial charge in [-0.2, -0.15) is 4.31 Å². The molecular formula is C17H19ClN2O2S2. The van der Waals surface area contributed by atoms with Crippen molar-refractivity contribution >= 4 is 33.4 Å². The van der Waals surface area contributed by atoms with Gasteiger partial charge in [-0.05, 0) is 49.1 Å². The van der Waals surface area contributed by atoms with E-state index >= 15 is 0 Å². The van der Waals surface area contributed by atoms with Crippen molar-refractivity contribution in [2.75, 3.05) is 18.8 Å². The summed E-state index contributed by atoms with van der Waals surface area (Å²) in [6.07, 6.45) is 3.54. The summed E-state index contributed by atoms with van der Waals surface area (Å²) < 4.78 is 26.9. The fourth-order valence-electron chi connectivity index (χ4n) is 2.73. The van der Waals surface area contributed by atoms with Crippen LogP contribution in [0.4, 0.5) is 0 Å². The summed E-state index contributed by atoms with van der Waals surface area (Å²) in [5, 5.41) is 1.46.